The zero-order valence-corrected chi connectivity index (χ0v) is 18.0. The van der Waals surface area contributed by atoms with Gasteiger partial charge in [-0.2, -0.15) is 4.31 Å². The Morgan fingerprint density at radius 2 is 1.96 bits per heavy atom. The minimum atomic E-state index is -3.66. The van der Waals surface area contributed by atoms with E-state index in [4.69, 9.17) is 4.52 Å². The van der Waals surface area contributed by atoms with E-state index in [1.165, 1.54) is 21.2 Å². The molecule has 4 rings (SSSR count). The molecule has 1 fully saturated rings. The molecular formula is C19H25N3O4S2. The maximum absolute atomic E-state index is 12.9. The third-order valence-corrected chi connectivity index (χ3v) is 9.00. The number of carbonyl (C=O) groups is 1. The zero-order valence-electron chi connectivity index (χ0n) is 16.4. The van der Waals surface area contributed by atoms with Crippen LogP contribution in [0, 0.1) is 19.8 Å². The smallest absolute Gasteiger partial charge is 0.264 e. The van der Waals surface area contributed by atoms with E-state index in [-0.39, 0.29) is 23.9 Å². The van der Waals surface area contributed by atoms with E-state index in [9.17, 15) is 13.2 Å². The number of nitrogens with zero attached hydrogens (tertiary/aromatic N) is 3. The maximum atomic E-state index is 12.9. The lowest BCUT2D eigenvalue weighted by Gasteiger charge is -2.33. The molecule has 2 aromatic heterocycles. The highest BCUT2D eigenvalue weighted by atomic mass is 32.2. The van der Waals surface area contributed by atoms with Gasteiger partial charge in [0.25, 0.3) is 5.91 Å². The van der Waals surface area contributed by atoms with E-state index in [2.05, 4.69) is 12.1 Å². The summed E-state index contributed by atoms with van der Waals surface area (Å²) in [5.41, 5.74) is 1.68. The SMILES string of the molecule is Cc1noc(C)c1S(=O)(=O)N1CCN(C(=O)c2cc3c(s2)CC[C@H](C)C3)CC1. The second-order valence-corrected chi connectivity index (χ2v) is 10.8. The second kappa shape index (κ2) is 7.27. The Balaban J connectivity index is 1.45. The molecule has 2 aromatic rings. The summed E-state index contributed by atoms with van der Waals surface area (Å²) in [6, 6.07) is 2.05. The number of piperazine rings is 1. The van der Waals surface area contributed by atoms with Crippen molar-refractivity contribution < 1.29 is 17.7 Å². The van der Waals surface area contributed by atoms with E-state index >= 15 is 0 Å². The van der Waals surface area contributed by atoms with Crippen molar-refractivity contribution >= 4 is 27.3 Å². The van der Waals surface area contributed by atoms with Crippen molar-refractivity contribution in [1.29, 1.82) is 0 Å². The Bertz CT molecular complexity index is 981. The van der Waals surface area contributed by atoms with Gasteiger partial charge in [-0.05, 0) is 50.7 Å². The molecule has 28 heavy (non-hydrogen) atoms. The van der Waals surface area contributed by atoms with Crippen molar-refractivity contribution in [2.75, 3.05) is 26.2 Å². The molecule has 1 amide bonds. The molecule has 0 bridgehead atoms. The van der Waals surface area contributed by atoms with E-state index in [0.717, 1.165) is 17.7 Å². The average Bonchev–Trinajstić information content (AvgIpc) is 3.23. The first kappa shape index (κ1) is 19.6. The monoisotopic (exact) mass is 423 g/mol. The van der Waals surface area contributed by atoms with E-state index < -0.39 is 10.0 Å². The molecule has 0 N–H and O–H groups in total. The van der Waals surface area contributed by atoms with Crippen LogP contribution in [0.2, 0.25) is 0 Å². The van der Waals surface area contributed by atoms with Gasteiger partial charge in [0.1, 0.15) is 10.6 Å². The lowest BCUT2D eigenvalue weighted by molar-refractivity contribution is 0.0702. The molecule has 0 spiro atoms. The summed E-state index contributed by atoms with van der Waals surface area (Å²) in [5.74, 6) is 0.985. The van der Waals surface area contributed by atoms with Crippen LogP contribution in [0.15, 0.2) is 15.5 Å². The largest absolute Gasteiger partial charge is 0.360 e. The number of hydrogen-bond donors (Lipinski definition) is 0. The van der Waals surface area contributed by atoms with Crippen molar-refractivity contribution in [2.45, 2.75) is 44.9 Å². The van der Waals surface area contributed by atoms with Gasteiger partial charge in [0, 0.05) is 31.1 Å². The van der Waals surface area contributed by atoms with Gasteiger partial charge in [0.15, 0.2) is 5.76 Å². The van der Waals surface area contributed by atoms with Crippen molar-refractivity contribution in [3.05, 3.63) is 32.8 Å². The van der Waals surface area contributed by atoms with Crippen molar-refractivity contribution in [2.24, 2.45) is 5.92 Å². The second-order valence-electron chi connectivity index (χ2n) is 7.76. The van der Waals surface area contributed by atoms with E-state index in [1.54, 1.807) is 30.1 Å². The number of rotatable bonds is 3. The lowest BCUT2D eigenvalue weighted by Crippen LogP contribution is -2.50. The van der Waals surface area contributed by atoms with Crippen molar-refractivity contribution in [1.82, 2.24) is 14.4 Å². The standard InChI is InChI=1S/C19H25N3O4S2/c1-12-4-5-16-15(10-12)11-17(27-16)19(23)21-6-8-22(9-7-21)28(24,25)18-13(2)20-26-14(18)3/h11-12H,4-10H2,1-3H3/t12-/m0/s1. The Kier molecular flexibility index (Phi) is 5.09. The Hall–Kier alpha value is -1.71. The summed E-state index contributed by atoms with van der Waals surface area (Å²) in [5, 5.41) is 3.75. The fourth-order valence-corrected chi connectivity index (χ4v) is 6.96. The maximum Gasteiger partial charge on any atom is 0.264 e. The number of fused-ring (bicyclic) bond motifs is 1. The summed E-state index contributed by atoms with van der Waals surface area (Å²) < 4.78 is 32.3. The fourth-order valence-electron chi connectivity index (χ4n) is 4.07. The molecule has 1 aliphatic heterocycles. The molecule has 3 heterocycles. The lowest BCUT2D eigenvalue weighted by atomic mass is 9.90. The number of carbonyl (C=O) groups excluding carboxylic acids is 1. The van der Waals surface area contributed by atoms with E-state index in [0.29, 0.717) is 30.5 Å². The third-order valence-electron chi connectivity index (χ3n) is 5.63. The topological polar surface area (TPSA) is 83.7 Å². The van der Waals surface area contributed by atoms with Gasteiger partial charge in [-0.25, -0.2) is 8.42 Å². The predicted octanol–water partition coefficient (Wildman–Crippen LogP) is 2.62. The molecule has 1 aliphatic carbocycles. The number of amides is 1. The molecule has 0 aromatic carbocycles. The Morgan fingerprint density at radius 1 is 1.25 bits per heavy atom. The number of aryl methyl sites for hydroxylation is 3. The molecule has 1 saturated heterocycles. The quantitative estimate of drug-likeness (QED) is 0.758. The van der Waals surface area contributed by atoms with Gasteiger partial charge < -0.3 is 9.42 Å². The first-order valence-corrected chi connectivity index (χ1v) is 11.9. The number of hydrogen-bond acceptors (Lipinski definition) is 6. The van der Waals surface area contributed by atoms with Gasteiger partial charge in [0.05, 0.1) is 4.88 Å². The molecule has 7 nitrogen and oxygen atoms in total. The number of aromatic nitrogens is 1. The summed E-state index contributed by atoms with van der Waals surface area (Å²) in [4.78, 5) is 17.0. The van der Waals surface area contributed by atoms with Crippen LogP contribution >= 0.6 is 11.3 Å². The minimum Gasteiger partial charge on any atom is -0.360 e. The Labute approximate surface area is 169 Å². The molecule has 9 heteroatoms. The van der Waals surface area contributed by atoms with Crippen LogP contribution in [0.3, 0.4) is 0 Å². The van der Waals surface area contributed by atoms with Gasteiger partial charge in [-0.1, -0.05) is 12.1 Å². The summed E-state index contributed by atoms with van der Waals surface area (Å²) in [7, 11) is -3.66. The average molecular weight is 424 g/mol. The first-order chi connectivity index (χ1) is 13.3. The normalized spacial score (nSPS) is 21.0. The van der Waals surface area contributed by atoms with Crippen LogP contribution in [0.5, 0.6) is 0 Å². The molecule has 152 valence electrons. The molecule has 1 atom stereocenters. The first-order valence-electron chi connectivity index (χ1n) is 9.61. The van der Waals surface area contributed by atoms with Gasteiger partial charge in [-0.15, -0.1) is 11.3 Å². The fraction of sp³-hybridized carbons (Fsp3) is 0.579. The van der Waals surface area contributed by atoms with Crippen LogP contribution < -0.4 is 0 Å². The molecule has 0 radical (unpaired) electrons. The van der Waals surface area contributed by atoms with Crippen LogP contribution in [-0.2, 0) is 22.9 Å². The van der Waals surface area contributed by atoms with E-state index in [1.807, 2.05) is 6.07 Å². The number of sulfonamides is 1. The van der Waals surface area contributed by atoms with Crippen molar-refractivity contribution in [3.63, 3.8) is 0 Å². The highest BCUT2D eigenvalue weighted by Crippen LogP contribution is 2.33. The van der Waals surface area contributed by atoms with Gasteiger partial charge in [-0.3, -0.25) is 4.79 Å². The van der Waals surface area contributed by atoms with Crippen LogP contribution in [0.4, 0.5) is 0 Å². The summed E-state index contributed by atoms with van der Waals surface area (Å²) in [6.07, 6.45) is 3.28. The molecule has 0 unspecified atom stereocenters. The molecule has 0 saturated carbocycles. The summed E-state index contributed by atoms with van der Waals surface area (Å²) in [6.45, 7) is 6.82. The molecular weight excluding hydrogens is 398 g/mol. The van der Waals surface area contributed by atoms with Crippen LogP contribution in [0.1, 0.15) is 44.9 Å². The van der Waals surface area contributed by atoms with Crippen LogP contribution in [0.25, 0.3) is 0 Å². The van der Waals surface area contributed by atoms with Crippen LogP contribution in [-0.4, -0.2) is 54.9 Å². The van der Waals surface area contributed by atoms with Gasteiger partial charge >= 0.3 is 0 Å². The highest BCUT2D eigenvalue weighted by Gasteiger charge is 2.35. The number of thiophene rings is 1. The van der Waals surface area contributed by atoms with Gasteiger partial charge in [0.2, 0.25) is 10.0 Å². The Morgan fingerprint density at radius 3 is 2.61 bits per heavy atom. The summed E-state index contributed by atoms with van der Waals surface area (Å²) >= 11 is 1.60. The highest BCUT2D eigenvalue weighted by molar-refractivity contribution is 7.89. The minimum absolute atomic E-state index is 0.0152. The zero-order chi connectivity index (χ0) is 20.1. The third kappa shape index (κ3) is 3.40. The predicted molar refractivity (Wildman–Crippen MR) is 106 cm³/mol. The molecule has 2 aliphatic rings. The van der Waals surface area contributed by atoms with Crippen molar-refractivity contribution in [3.8, 4) is 0 Å².